The van der Waals surface area contributed by atoms with Gasteiger partial charge >= 0.3 is 0 Å². The molecule has 2 rings (SSSR count). The monoisotopic (exact) mass is 297 g/mol. The number of thioether (sulfide) groups is 1. The summed E-state index contributed by atoms with van der Waals surface area (Å²) in [4.78, 5) is 15.8. The maximum Gasteiger partial charge on any atom is 0.283 e. The van der Waals surface area contributed by atoms with E-state index in [-0.39, 0.29) is 11.2 Å². The highest BCUT2D eigenvalue weighted by Gasteiger charge is 2.06. The maximum atomic E-state index is 11.8. The number of rotatable bonds is 4. The number of nitrogens with one attached hydrogen (secondary N) is 1. The molecular formula is C16H15N3OS. The minimum Gasteiger partial charge on any atom is -0.317 e. The number of hydrogen-bond acceptors (Lipinski definition) is 4. The van der Waals surface area contributed by atoms with Gasteiger partial charge in [-0.25, -0.2) is 0 Å². The lowest BCUT2D eigenvalue weighted by molar-refractivity contribution is 0.269. The summed E-state index contributed by atoms with van der Waals surface area (Å²) in [6.07, 6.45) is 3.45. The molecule has 0 spiro atoms. The molecule has 2 aromatic rings. The smallest absolute Gasteiger partial charge is 0.283 e. The van der Waals surface area contributed by atoms with Crippen LogP contribution in [-0.2, 0) is 5.75 Å². The Labute approximate surface area is 128 Å². The van der Waals surface area contributed by atoms with Gasteiger partial charge in [-0.15, -0.1) is 0 Å². The predicted molar refractivity (Wildman–Crippen MR) is 85.0 cm³/mol. The van der Waals surface area contributed by atoms with Crippen molar-refractivity contribution in [2.24, 2.45) is 0 Å². The van der Waals surface area contributed by atoms with E-state index in [1.165, 1.54) is 11.8 Å². The van der Waals surface area contributed by atoms with Gasteiger partial charge in [0.05, 0.1) is 12.0 Å². The molecule has 1 amide bonds. The van der Waals surface area contributed by atoms with Gasteiger partial charge in [-0.2, -0.15) is 5.26 Å². The zero-order valence-corrected chi connectivity index (χ0v) is 12.4. The molecule has 0 aliphatic rings. The lowest BCUT2D eigenvalue weighted by Crippen LogP contribution is -2.05. The Bertz CT molecular complexity index is 635. The van der Waals surface area contributed by atoms with Crippen molar-refractivity contribution in [3.63, 3.8) is 0 Å². The Morgan fingerprint density at radius 3 is 2.76 bits per heavy atom. The number of carbonyl (C=O) groups is 1. The lowest BCUT2D eigenvalue weighted by atomic mass is 10.0. The van der Waals surface area contributed by atoms with E-state index in [9.17, 15) is 4.79 Å². The SMILES string of the molecule is CC(C#N)c1ccc(NC(=O)SCc2cccnc2)cc1. The second kappa shape index (κ2) is 7.46. The van der Waals surface area contributed by atoms with E-state index in [2.05, 4.69) is 16.4 Å². The fourth-order valence-electron chi connectivity index (χ4n) is 1.72. The largest absolute Gasteiger partial charge is 0.317 e. The molecule has 0 bridgehead atoms. The van der Waals surface area contributed by atoms with Crippen molar-refractivity contribution in [3.05, 3.63) is 59.9 Å². The van der Waals surface area contributed by atoms with E-state index in [0.29, 0.717) is 5.75 Å². The van der Waals surface area contributed by atoms with Gasteiger partial charge in [0.25, 0.3) is 5.24 Å². The number of nitriles is 1. The van der Waals surface area contributed by atoms with E-state index in [1.54, 1.807) is 12.4 Å². The first-order valence-electron chi connectivity index (χ1n) is 6.51. The molecule has 106 valence electrons. The summed E-state index contributed by atoms with van der Waals surface area (Å²) in [6, 6.07) is 13.3. The summed E-state index contributed by atoms with van der Waals surface area (Å²) in [5, 5.41) is 11.6. The molecule has 0 aliphatic carbocycles. The molecule has 1 heterocycles. The van der Waals surface area contributed by atoms with Gasteiger partial charge in [-0.1, -0.05) is 30.0 Å². The topological polar surface area (TPSA) is 65.8 Å². The van der Waals surface area contributed by atoms with Crippen molar-refractivity contribution < 1.29 is 4.79 Å². The maximum absolute atomic E-state index is 11.8. The van der Waals surface area contributed by atoms with Crippen LogP contribution in [0.3, 0.4) is 0 Å². The summed E-state index contributed by atoms with van der Waals surface area (Å²) in [5.41, 5.74) is 2.68. The molecule has 0 aliphatic heterocycles. The molecule has 0 saturated heterocycles. The molecule has 4 nitrogen and oxygen atoms in total. The van der Waals surface area contributed by atoms with Crippen LogP contribution in [0.4, 0.5) is 10.5 Å². The Hall–Kier alpha value is -2.32. The molecule has 21 heavy (non-hydrogen) atoms. The summed E-state index contributed by atoms with van der Waals surface area (Å²) in [6.45, 7) is 1.84. The summed E-state index contributed by atoms with van der Waals surface area (Å²) >= 11 is 1.20. The third kappa shape index (κ3) is 4.62. The van der Waals surface area contributed by atoms with E-state index in [0.717, 1.165) is 16.8 Å². The standard InChI is InChI=1S/C16H15N3OS/c1-12(9-17)14-4-6-15(7-5-14)19-16(20)21-11-13-3-2-8-18-10-13/h2-8,10,12H,11H2,1H3,(H,19,20). The molecule has 5 heteroatoms. The van der Waals surface area contributed by atoms with Gasteiger partial charge in [0.15, 0.2) is 0 Å². The highest BCUT2D eigenvalue weighted by atomic mass is 32.2. The van der Waals surface area contributed by atoms with Gasteiger partial charge in [-0.05, 0) is 36.2 Å². The van der Waals surface area contributed by atoms with Crippen LogP contribution < -0.4 is 5.32 Å². The van der Waals surface area contributed by atoms with Gasteiger partial charge in [0, 0.05) is 23.8 Å². The lowest BCUT2D eigenvalue weighted by Gasteiger charge is -2.07. The molecule has 1 N–H and O–H groups in total. The number of hydrogen-bond donors (Lipinski definition) is 1. The van der Waals surface area contributed by atoms with Gasteiger partial charge in [0.1, 0.15) is 0 Å². The molecule has 0 fully saturated rings. The van der Waals surface area contributed by atoms with Gasteiger partial charge in [-0.3, -0.25) is 9.78 Å². The Kier molecular flexibility index (Phi) is 5.35. The molecule has 1 aromatic heterocycles. The summed E-state index contributed by atoms with van der Waals surface area (Å²) in [7, 11) is 0. The van der Waals surface area contributed by atoms with Crippen molar-refractivity contribution in [3.8, 4) is 6.07 Å². The fraction of sp³-hybridized carbons (Fsp3) is 0.188. The average molecular weight is 297 g/mol. The average Bonchev–Trinajstić information content (AvgIpc) is 2.54. The van der Waals surface area contributed by atoms with Crippen molar-refractivity contribution in [1.82, 2.24) is 4.98 Å². The summed E-state index contributed by atoms with van der Waals surface area (Å²) in [5.74, 6) is 0.443. The molecule has 0 radical (unpaired) electrons. The van der Waals surface area contributed by atoms with Crippen LogP contribution in [0.1, 0.15) is 24.0 Å². The first-order chi connectivity index (χ1) is 10.2. The molecule has 0 saturated carbocycles. The van der Waals surface area contributed by atoms with E-state index < -0.39 is 0 Å². The highest BCUT2D eigenvalue weighted by molar-refractivity contribution is 8.13. The van der Waals surface area contributed by atoms with Gasteiger partial charge in [0.2, 0.25) is 0 Å². The van der Waals surface area contributed by atoms with Crippen LogP contribution in [-0.4, -0.2) is 10.2 Å². The van der Waals surface area contributed by atoms with Crippen LogP contribution in [0.2, 0.25) is 0 Å². The van der Waals surface area contributed by atoms with Crippen LogP contribution in [0, 0.1) is 11.3 Å². The van der Waals surface area contributed by atoms with Gasteiger partial charge < -0.3 is 5.32 Å². The van der Waals surface area contributed by atoms with Crippen molar-refractivity contribution in [2.75, 3.05) is 5.32 Å². The fourth-order valence-corrected chi connectivity index (χ4v) is 2.37. The second-order valence-corrected chi connectivity index (χ2v) is 5.48. The zero-order valence-electron chi connectivity index (χ0n) is 11.6. The van der Waals surface area contributed by atoms with Crippen molar-refractivity contribution >= 4 is 22.7 Å². The summed E-state index contributed by atoms with van der Waals surface area (Å²) < 4.78 is 0. The zero-order chi connectivity index (χ0) is 15.1. The highest BCUT2D eigenvalue weighted by Crippen LogP contribution is 2.19. The third-order valence-electron chi connectivity index (χ3n) is 2.94. The normalized spacial score (nSPS) is 11.4. The minimum absolute atomic E-state index is 0.111. The predicted octanol–water partition coefficient (Wildman–Crippen LogP) is 4.17. The molecule has 1 unspecified atom stereocenters. The molecule has 1 atom stereocenters. The van der Waals surface area contributed by atoms with E-state index in [1.807, 2.05) is 43.3 Å². The number of benzene rings is 1. The Balaban J connectivity index is 1.87. The number of amides is 1. The van der Waals surface area contributed by atoms with Crippen LogP contribution >= 0.6 is 11.8 Å². The number of anilines is 1. The Morgan fingerprint density at radius 1 is 1.38 bits per heavy atom. The minimum atomic E-state index is -0.144. The number of nitrogens with zero attached hydrogens (tertiary/aromatic N) is 2. The van der Waals surface area contributed by atoms with Crippen molar-refractivity contribution in [1.29, 1.82) is 5.26 Å². The second-order valence-electron chi connectivity index (χ2n) is 4.54. The van der Waals surface area contributed by atoms with Crippen molar-refractivity contribution in [2.45, 2.75) is 18.6 Å². The third-order valence-corrected chi connectivity index (χ3v) is 3.79. The van der Waals surface area contributed by atoms with E-state index in [4.69, 9.17) is 5.26 Å². The molecular weight excluding hydrogens is 282 g/mol. The molecule has 1 aromatic carbocycles. The Morgan fingerprint density at radius 2 is 2.14 bits per heavy atom. The number of pyridine rings is 1. The quantitative estimate of drug-likeness (QED) is 0.919. The van der Waals surface area contributed by atoms with Crippen LogP contribution in [0.15, 0.2) is 48.8 Å². The van der Waals surface area contributed by atoms with Crippen LogP contribution in [0.5, 0.6) is 0 Å². The first kappa shape index (κ1) is 15.1. The number of carbonyl (C=O) groups excluding carboxylic acids is 1. The first-order valence-corrected chi connectivity index (χ1v) is 7.50. The van der Waals surface area contributed by atoms with E-state index >= 15 is 0 Å². The van der Waals surface area contributed by atoms with Crippen LogP contribution in [0.25, 0.3) is 0 Å². The number of aromatic nitrogens is 1.